The summed E-state index contributed by atoms with van der Waals surface area (Å²) in [6.45, 7) is 6.86. The van der Waals surface area contributed by atoms with Crippen molar-refractivity contribution < 1.29 is 14.3 Å². The number of nitrogens with zero attached hydrogens (tertiary/aromatic N) is 1. The zero-order valence-electron chi connectivity index (χ0n) is 16.5. The van der Waals surface area contributed by atoms with Crippen LogP contribution in [-0.4, -0.2) is 24.5 Å². The van der Waals surface area contributed by atoms with Crippen LogP contribution in [0.5, 0.6) is 11.5 Å². The molecule has 1 amide bonds. The zero-order valence-corrected chi connectivity index (χ0v) is 16.5. The van der Waals surface area contributed by atoms with E-state index in [2.05, 4.69) is 19.1 Å². The summed E-state index contributed by atoms with van der Waals surface area (Å²) in [5, 5.41) is 0. The Morgan fingerprint density at radius 1 is 1.22 bits per heavy atom. The largest absolute Gasteiger partial charge is 0.493 e. The highest BCUT2D eigenvalue weighted by Crippen LogP contribution is 2.35. The van der Waals surface area contributed by atoms with Gasteiger partial charge in [-0.25, -0.2) is 0 Å². The van der Waals surface area contributed by atoms with Crippen molar-refractivity contribution in [1.29, 1.82) is 0 Å². The number of methoxy groups -OCH3 is 1. The average Bonchev–Trinajstić information content (AvgIpc) is 3.43. The summed E-state index contributed by atoms with van der Waals surface area (Å²) in [6, 6.07) is 5.49. The highest BCUT2D eigenvalue weighted by atomic mass is 16.5. The summed E-state index contributed by atoms with van der Waals surface area (Å²) >= 11 is 0. The van der Waals surface area contributed by atoms with Gasteiger partial charge in [-0.3, -0.25) is 4.79 Å². The maximum Gasteiger partial charge on any atom is 0.250 e. The average molecular weight is 368 g/mol. The second kappa shape index (κ2) is 7.91. The molecule has 0 atom stereocenters. The van der Waals surface area contributed by atoms with Crippen LogP contribution < -0.4 is 15.2 Å². The predicted octanol–water partition coefficient (Wildman–Crippen LogP) is 4.07. The molecule has 5 nitrogen and oxygen atoms in total. The van der Waals surface area contributed by atoms with Crippen molar-refractivity contribution in [1.82, 2.24) is 4.90 Å². The fourth-order valence-electron chi connectivity index (χ4n) is 3.31. The van der Waals surface area contributed by atoms with E-state index in [9.17, 15) is 4.79 Å². The number of hydrogen-bond acceptors (Lipinski definition) is 4. The third-order valence-corrected chi connectivity index (χ3v) is 4.94. The molecule has 1 aliphatic carbocycles. The van der Waals surface area contributed by atoms with Crippen LogP contribution in [0.15, 0.2) is 47.9 Å². The number of carbonyl (C=O) groups is 1. The quantitative estimate of drug-likeness (QED) is 0.737. The number of hydrogen-bond donors (Lipinski definition) is 1. The van der Waals surface area contributed by atoms with E-state index in [1.165, 1.54) is 12.8 Å². The third kappa shape index (κ3) is 4.54. The summed E-state index contributed by atoms with van der Waals surface area (Å²) in [7, 11) is 1.61. The highest BCUT2D eigenvalue weighted by molar-refractivity contribution is 6.18. The first kappa shape index (κ1) is 19.1. The third-order valence-electron chi connectivity index (χ3n) is 4.94. The molecule has 0 spiro atoms. The maximum atomic E-state index is 12.2. The van der Waals surface area contributed by atoms with Crippen molar-refractivity contribution in [2.24, 2.45) is 17.6 Å². The maximum absolute atomic E-state index is 12.2. The van der Waals surface area contributed by atoms with E-state index in [0.29, 0.717) is 41.1 Å². The Balaban J connectivity index is 1.94. The van der Waals surface area contributed by atoms with Gasteiger partial charge in [-0.2, -0.15) is 0 Å². The fourth-order valence-corrected chi connectivity index (χ4v) is 3.31. The number of rotatable bonds is 7. The SMILES string of the molecule is COc1ccc(/C(=C/N2C(C)=CC(C)C=C2C)C(N)=O)cc1OCC1CC1. The number of ether oxygens (including phenoxy) is 2. The molecule has 0 aromatic heterocycles. The van der Waals surface area contributed by atoms with E-state index in [0.717, 1.165) is 11.4 Å². The van der Waals surface area contributed by atoms with Gasteiger partial charge in [0.2, 0.25) is 0 Å². The predicted molar refractivity (Wildman–Crippen MR) is 107 cm³/mol. The number of benzene rings is 1. The summed E-state index contributed by atoms with van der Waals surface area (Å²) in [6.07, 6.45) is 8.52. The minimum atomic E-state index is -0.479. The van der Waals surface area contributed by atoms with Crippen molar-refractivity contribution in [3.63, 3.8) is 0 Å². The van der Waals surface area contributed by atoms with E-state index in [1.54, 1.807) is 13.3 Å². The van der Waals surface area contributed by atoms with Gasteiger partial charge in [0, 0.05) is 17.6 Å². The van der Waals surface area contributed by atoms with Crippen molar-refractivity contribution in [3.8, 4) is 11.5 Å². The molecule has 27 heavy (non-hydrogen) atoms. The molecule has 1 aromatic carbocycles. The van der Waals surface area contributed by atoms with Gasteiger partial charge in [0.15, 0.2) is 11.5 Å². The van der Waals surface area contributed by atoms with Gasteiger partial charge in [0.25, 0.3) is 5.91 Å². The molecule has 0 unspecified atom stereocenters. The van der Waals surface area contributed by atoms with Crippen LogP contribution in [0.25, 0.3) is 5.57 Å². The molecular weight excluding hydrogens is 340 g/mol. The van der Waals surface area contributed by atoms with Crippen LogP contribution in [0, 0.1) is 11.8 Å². The van der Waals surface area contributed by atoms with Crippen molar-refractivity contribution in [2.45, 2.75) is 33.6 Å². The topological polar surface area (TPSA) is 64.8 Å². The molecule has 3 rings (SSSR count). The second-order valence-corrected chi connectivity index (χ2v) is 7.37. The molecular formula is C22H28N2O3. The lowest BCUT2D eigenvalue weighted by Crippen LogP contribution is -2.21. The summed E-state index contributed by atoms with van der Waals surface area (Å²) in [5.41, 5.74) is 9.00. The van der Waals surface area contributed by atoms with Crippen LogP contribution in [0.3, 0.4) is 0 Å². The summed E-state index contributed by atoms with van der Waals surface area (Å²) in [5.74, 6) is 1.81. The van der Waals surface area contributed by atoms with Gasteiger partial charge in [-0.15, -0.1) is 0 Å². The van der Waals surface area contributed by atoms with Crippen LogP contribution in [0.1, 0.15) is 39.2 Å². The zero-order chi connectivity index (χ0) is 19.6. The summed E-state index contributed by atoms with van der Waals surface area (Å²) in [4.78, 5) is 14.2. The fraction of sp³-hybridized carbons (Fsp3) is 0.409. The van der Waals surface area contributed by atoms with Gasteiger partial charge in [-0.1, -0.05) is 25.1 Å². The molecule has 1 heterocycles. The van der Waals surface area contributed by atoms with Gasteiger partial charge >= 0.3 is 0 Å². The Bertz CT molecular complexity index is 799. The molecule has 1 aromatic rings. The Hall–Kier alpha value is -2.69. The first-order valence-corrected chi connectivity index (χ1v) is 9.38. The normalized spacial score (nSPS) is 18.1. The minimum absolute atomic E-state index is 0.370. The molecule has 1 saturated carbocycles. The Kier molecular flexibility index (Phi) is 5.59. The Morgan fingerprint density at radius 3 is 2.44 bits per heavy atom. The number of amides is 1. The van der Waals surface area contributed by atoms with Gasteiger partial charge in [-0.05, 0) is 56.2 Å². The molecule has 144 valence electrons. The van der Waals surface area contributed by atoms with Crippen molar-refractivity contribution in [2.75, 3.05) is 13.7 Å². The van der Waals surface area contributed by atoms with Crippen LogP contribution >= 0.6 is 0 Å². The van der Waals surface area contributed by atoms with Crippen molar-refractivity contribution >= 4 is 11.5 Å². The van der Waals surface area contributed by atoms with Crippen LogP contribution in [-0.2, 0) is 4.79 Å². The Labute approximate surface area is 161 Å². The molecule has 1 fully saturated rings. The number of allylic oxidation sites excluding steroid dienone is 4. The van der Waals surface area contributed by atoms with E-state index >= 15 is 0 Å². The van der Waals surface area contributed by atoms with Gasteiger partial charge in [0.1, 0.15) is 0 Å². The molecule has 0 bridgehead atoms. The lowest BCUT2D eigenvalue weighted by atomic mass is 10.0. The molecule has 0 saturated heterocycles. The number of nitrogens with two attached hydrogens (primary N) is 1. The van der Waals surface area contributed by atoms with Gasteiger partial charge in [0.05, 0.1) is 19.3 Å². The molecule has 2 N–H and O–H groups in total. The van der Waals surface area contributed by atoms with Gasteiger partial charge < -0.3 is 20.1 Å². The van der Waals surface area contributed by atoms with Crippen LogP contribution in [0.2, 0.25) is 0 Å². The van der Waals surface area contributed by atoms with E-state index < -0.39 is 5.91 Å². The Morgan fingerprint density at radius 2 is 1.89 bits per heavy atom. The smallest absolute Gasteiger partial charge is 0.250 e. The minimum Gasteiger partial charge on any atom is -0.493 e. The number of carbonyl (C=O) groups excluding carboxylic acids is 1. The number of primary amides is 1. The molecule has 0 radical (unpaired) electrons. The summed E-state index contributed by atoms with van der Waals surface area (Å²) < 4.78 is 11.3. The van der Waals surface area contributed by atoms with E-state index in [4.69, 9.17) is 15.2 Å². The van der Waals surface area contributed by atoms with Crippen molar-refractivity contribution in [3.05, 3.63) is 53.5 Å². The lowest BCUT2D eigenvalue weighted by Gasteiger charge is -2.28. The standard InChI is InChI=1S/C22H28N2O3/c1-14-9-15(2)24(16(3)10-14)12-19(22(23)25)18-7-8-20(26-4)21(11-18)27-13-17-5-6-17/h7-12,14,17H,5-6,13H2,1-4H3,(H2,23,25)/b19-12-. The highest BCUT2D eigenvalue weighted by Gasteiger charge is 2.23. The molecule has 1 aliphatic heterocycles. The molecule has 2 aliphatic rings. The van der Waals surface area contributed by atoms with E-state index in [-0.39, 0.29) is 0 Å². The van der Waals surface area contributed by atoms with Crippen LogP contribution in [0.4, 0.5) is 0 Å². The molecule has 5 heteroatoms. The first-order valence-electron chi connectivity index (χ1n) is 9.38. The van der Waals surface area contributed by atoms with E-state index in [1.807, 2.05) is 36.9 Å². The second-order valence-electron chi connectivity index (χ2n) is 7.37. The first-order chi connectivity index (χ1) is 12.9. The monoisotopic (exact) mass is 368 g/mol. The lowest BCUT2D eigenvalue weighted by molar-refractivity contribution is -0.112.